The molecule has 564 valence electrons. The van der Waals surface area contributed by atoms with Crippen molar-refractivity contribution in [3.05, 3.63) is 36.5 Å². The molecule has 0 saturated carbocycles. The molecule has 0 heterocycles. The number of Topliss-reactive ketones (excluding diaryl/α,β-unsaturated/α-hetero) is 3. The van der Waals surface area contributed by atoms with E-state index in [1.165, 1.54) is 231 Å². The fraction of sp³-hybridized carbons (Fsp3) is 0.852. The van der Waals surface area contributed by atoms with E-state index in [-0.39, 0.29) is 35.7 Å². The number of allylic oxidation sites excluding steroid dienone is 6. The van der Waals surface area contributed by atoms with E-state index >= 15 is 0 Å². The summed E-state index contributed by atoms with van der Waals surface area (Å²) in [6, 6.07) is 0. The Morgan fingerprint density at radius 3 is 0.619 bits per heavy atom. The fourth-order valence-corrected chi connectivity index (χ4v) is 10.9. The number of aliphatic carboxylic acids is 3. The number of ether oxygens (including phenoxy) is 6. The minimum absolute atomic E-state index is 0. The molecule has 0 radical (unpaired) electrons. The van der Waals surface area contributed by atoms with Gasteiger partial charge in [0.05, 0.1) is 18.3 Å². The van der Waals surface area contributed by atoms with Crippen LogP contribution in [0.3, 0.4) is 0 Å². The van der Waals surface area contributed by atoms with E-state index in [1.54, 1.807) is 0 Å². The van der Waals surface area contributed by atoms with Crippen molar-refractivity contribution in [2.45, 2.75) is 407 Å². The monoisotopic (exact) mass is 1390 g/mol. The summed E-state index contributed by atoms with van der Waals surface area (Å²) >= 11 is 0. The Balaban J connectivity index is -0.000000665. The molecule has 0 aromatic carbocycles. The zero-order valence-electron chi connectivity index (χ0n) is 63.8. The molecule has 0 N–H and O–H groups in total. The Morgan fingerprint density at radius 2 is 0.443 bits per heavy atom. The van der Waals surface area contributed by atoms with Crippen molar-refractivity contribution in [1.82, 2.24) is 0 Å². The van der Waals surface area contributed by atoms with Crippen molar-refractivity contribution in [2.75, 3.05) is 39.6 Å². The summed E-state index contributed by atoms with van der Waals surface area (Å²) in [5.74, 6) is -5.42. The largest absolute Gasteiger partial charge is 3.00 e. The summed E-state index contributed by atoms with van der Waals surface area (Å²) in [5.41, 5.74) is 0. The Hall–Kier alpha value is -3.07. The van der Waals surface area contributed by atoms with Crippen molar-refractivity contribution in [2.24, 2.45) is 0 Å². The number of unbranched alkanes of at least 4 members (excludes halogenated alkanes) is 36. The number of hydrogen-bond donors (Lipinski definition) is 0. The Morgan fingerprint density at radius 1 is 0.268 bits per heavy atom. The molecule has 0 aliphatic rings. The van der Waals surface area contributed by atoms with Gasteiger partial charge in [-0.1, -0.05) is 231 Å². The number of hydrogen-bond acceptors (Lipinski definition) is 15. The van der Waals surface area contributed by atoms with Gasteiger partial charge in [-0.3, -0.25) is 14.4 Å². The molecular weight excluding hydrogens is 1240 g/mol. The molecule has 0 amide bonds. The van der Waals surface area contributed by atoms with Gasteiger partial charge >= 0.3 is 17.4 Å². The van der Waals surface area contributed by atoms with Crippen molar-refractivity contribution in [3.63, 3.8) is 0 Å². The average Bonchev–Trinajstić information content (AvgIpc) is 2.46. The second-order valence-corrected chi connectivity index (χ2v) is 27.1. The van der Waals surface area contributed by atoms with E-state index in [0.717, 1.165) is 38.5 Å². The van der Waals surface area contributed by atoms with E-state index in [4.69, 9.17) is 28.4 Å². The molecular formula is C81H147AlO15. The number of carbonyl (C=O) groups excluding carboxylic acids is 6. The SMILES string of the molecule is CCCCCCCC/C=C\CCCCCCCCOCCC(OC(C)C)C(=O)CC(=O)[O-].CCCCCCCC/C=C\CCCCCCCCOCCC(OC(C)C)C(=O)CC(=O)[O-].CCCCCCCC/C=C\CCCCCCCCOCCC(OC(C)C)C(=O)CC(=O)[O-].[Al+3]. The summed E-state index contributed by atoms with van der Waals surface area (Å²) in [4.78, 5) is 67.6. The van der Waals surface area contributed by atoms with Crippen LogP contribution in [0.2, 0.25) is 0 Å². The van der Waals surface area contributed by atoms with Gasteiger partial charge in [-0.15, -0.1) is 0 Å². The number of carboxylic acid groups (broad SMARTS) is 3. The van der Waals surface area contributed by atoms with E-state index in [9.17, 15) is 44.1 Å². The number of carbonyl (C=O) groups is 6. The maximum Gasteiger partial charge on any atom is 3.00 e. The minimum Gasteiger partial charge on any atom is -0.550 e. The third-order valence-corrected chi connectivity index (χ3v) is 16.3. The summed E-state index contributed by atoms with van der Waals surface area (Å²) in [5, 5.41) is 31.9. The maximum atomic E-state index is 11.9. The number of rotatable bonds is 72. The first-order chi connectivity index (χ1) is 46.4. The van der Waals surface area contributed by atoms with Gasteiger partial charge in [0.1, 0.15) is 18.3 Å². The third-order valence-electron chi connectivity index (χ3n) is 16.3. The van der Waals surface area contributed by atoms with Crippen molar-refractivity contribution in [1.29, 1.82) is 0 Å². The maximum absolute atomic E-state index is 11.9. The van der Waals surface area contributed by atoms with Crippen molar-refractivity contribution in [3.8, 4) is 0 Å². The van der Waals surface area contributed by atoms with Crippen LogP contribution < -0.4 is 15.3 Å². The second-order valence-electron chi connectivity index (χ2n) is 27.1. The standard InChI is InChI=1S/3C27H50O5.Al/c3*1-4-5-6-7-8-9-10-11-12-13-14-15-16-17-18-19-21-31-22-20-26(32-24(2)3)25(28)23-27(29)30;/h3*11-12,24,26H,4-10,13-23H2,1-3H3,(H,29,30);/q;;;+3/p-3/b3*12-11-;. The zero-order valence-corrected chi connectivity index (χ0v) is 65.0. The molecule has 0 aliphatic carbocycles. The third kappa shape index (κ3) is 83.5. The van der Waals surface area contributed by atoms with E-state index < -0.39 is 72.8 Å². The molecule has 0 spiro atoms. The summed E-state index contributed by atoms with van der Waals surface area (Å²) in [6.45, 7) is 21.0. The molecule has 0 aromatic heterocycles. The second kappa shape index (κ2) is 80.2. The van der Waals surface area contributed by atoms with Crippen LogP contribution >= 0.6 is 0 Å². The first-order valence-corrected chi connectivity index (χ1v) is 39.2. The van der Waals surface area contributed by atoms with Gasteiger partial charge in [0.15, 0.2) is 17.3 Å². The first kappa shape index (κ1) is 100. The van der Waals surface area contributed by atoms with E-state index in [1.807, 2.05) is 41.5 Å². The number of carboxylic acids is 3. The molecule has 0 rings (SSSR count). The van der Waals surface area contributed by atoms with Crippen LogP contribution in [0.4, 0.5) is 0 Å². The molecule has 3 atom stereocenters. The molecule has 97 heavy (non-hydrogen) atoms. The minimum atomic E-state index is -1.36. The fourth-order valence-electron chi connectivity index (χ4n) is 10.9. The van der Waals surface area contributed by atoms with Crippen LogP contribution in [0.25, 0.3) is 0 Å². The van der Waals surface area contributed by atoms with Gasteiger partial charge in [-0.2, -0.15) is 0 Å². The molecule has 0 aliphatic heterocycles. The van der Waals surface area contributed by atoms with Gasteiger partial charge in [0.25, 0.3) is 0 Å². The van der Waals surface area contributed by atoms with Crippen LogP contribution in [-0.4, -0.2) is 129 Å². The van der Waals surface area contributed by atoms with Gasteiger partial charge < -0.3 is 58.1 Å². The Kier molecular flexibility index (Phi) is 83.0. The van der Waals surface area contributed by atoms with Crippen molar-refractivity contribution >= 4 is 52.6 Å². The molecule has 0 fully saturated rings. The predicted molar refractivity (Wildman–Crippen MR) is 394 cm³/mol. The zero-order chi connectivity index (χ0) is 71.6. The topological polar surface area (TPSA) is 227 Å². The molecule has 3 unspecified atom stereocenters. The Bertz CT molecular complexity index is 1630. The Labute approximate surface area is 605 Å². The molecule has 15 nitrogen and oxygen atoms in total. The molecule has 0 aromatic rings. The molecule has 0 bridgehead atoms. The summed E-state index contributed by atoms with van der Waals surface area (Å²) < 4.78 is 33.4. The predicted octanol–water partition coefficient (Wildman–Crippen LogP) is 17.4. The smallest absolute Gasteiger partial charge is 0.550 e. The summed E-state index contributed by atoms with van der Waals surface area (Å²) in [6.07, 6.45) is 64.6. The van der Waals surface area contributed by atoms with Crippen LogP contribution in [-0.2, 0) is 57.2 Å². The van der Waals surface area contributed by atoms with E-state index in [2.05, 4.69) is 57.2 Å². The molecule has 16 heteroatoms. The van der Waals surface area contributed by atoms with Crippen molar-refractivity contribution < 1.29 is 72.5 Å². The van der Waals surface area contributed by atoms with Crippen LogP contribution in [0, 0.1) is 0 Å². The first-order valence-electron chi connectivity index (χ1n) is 39.2. The van der Waals surface area contributed by atoms with Gasteiger partial charge in [-0.05, 0) is 138 Å². The van der Waals surface area contributed by atoms with Gasteiger partial charge in [0.2, 0.25) is 0 Å². The summed E-state index contributed by atoms with van der Waals surface area (Å²) in [7, 11) is 0. The van der Waals surface area contributed by atoms with Gasteiger partial charge in [-0.25, -0.2) is 0 Å². The van der Waals surface area contributed by atoms with E-state index in [0.29, 0.717) is 58.9 Å². The van der Waals surface area contributed by atoms with Crippen LogP contribution in [0.15, 0.2) is 36.5 Å². The van der Waals surface area contributed by atoms with Crippen LogP contribution in [0.5, 0.6) is 0 Å². The van der Waals surface area contributed by atoms with Gasteiger partial charge in [0, 0.05) is 96.1 Å². The molecule has 0 saturated heterocycles. The normalized spacial score (nSPS) is 12.5. The van der Waals surface area contributed by atoms with Crippen LogP contribution in [0.1, 0.15) is 371 Å². The number of ketones is 3. The average molecular weight is 1390 g/mol. The quantitative estimate of drug-likeness (QED) is 0.0239.